The van der Waals surface area contributed by atoms with Crippen molar-refractivity contribution < 1.29 is 9.53 Å². The smallest absolute Gasteiger partial charge is 0.263 e. The molecule has 0 aliphatic heterocycles. The molecular formula is C17H29ClN2O2. The number of rotatable bonds is 6. The lowest BCUT2D eigenvalue weighted by molar-refractivity contribution is -0.138. The maximum absolute atomic E-state index is 12.3. The zero-order valence-electron chi connectivity index (χ0n) is 14.4. The van der Waals surface area contributed by atoms with Gasteiger partial charge >= 0.3 is 0 Å². The highest BCUT2D eigenvalue weighted by Gasteiger charge is 2.22. The summed E-state index contributed by atoms with van der Waals surface area (Å²) in [5.74, 6) is 1.15. The molecule has 5 heteroatoms. The molecule has 0 bridgehead atoms. The van der Waals surface area contributed by atoms with E-state index in [1.54, 1.807) is 18.9 Å². The summed E-state index contributed by atoms with van der Waals surface area (Å²) in [5.41, 5.74) is 8.08. The van der Waals surface area contributed by atoms with Crippen molar-refractivity contribution in [2.45, 2.75) is 52.7 Å². The van der Waals surface area contributed by atoms with Crippen LogP contribution in [0.3, 0.4) is 0 Å². The first kappa shape index (κ1) is 20.7. The van der Waals surface area contributed by atoms with Crippen LogP contribution in [0.1, 0.15) is 44.7 Å². The minimum Gasteiger partial charge on any atom is -0.481 e. The van der Waals surface area contributed by atoms with Crippen LogP contribution in [0.25, 0.3) is 0 Å². The van der Waals surface area contributed by atoms with E-state index in [-0.39, 0.29) is 24.4 Å². The fourth-order valence-electron chi connectivity index (χ4n) is 2.29. The van der Waals surface area contributed by atoms with Crippen LogP contribution < -0.4 is 10.5 Å². The second-order valence-electron chi connectivity index (χ2n) is 5.97. The van der Waals surface area contributed by atoms with Crippen LogP contribution in [0.2, 0.25) is 0 Å². The lowest BCUT2D eigenvalue weighted by atomic mass is 9.98. The van der Waals surface area contributed by atoms with Gasteiger partial charge in [0.2, 0.25) is 0 Å². The van der Waals surface area contributed by atoms with Crippen LogP contribution in [0.4, 0.5) is 0 Å². The highest BCUT2D eigenvalue weighted by molar-refractivity contribution is 5.85. The zero-order valence-corrected chi connectivity index (χ0v) is 15.2. The number of benzene rings is 1. The van der Waals surface area contributed by atoms with Crippen molar-refractivity contribution in [2.75, 3.05) is 13.6 Å². The van der Waals surface area contributed by atoms with E-state index in [1.807, 2.05) is 19.1 Å². The third kappa shape index (κ3) is 5.18. The molecule has 22 heavy (non-hydrogen) atoms. The number of aryl methyl sites for hydroxylation is 1. The maximum Gasteiger partial charge on any atom is 0.263 e. The summed E-state index contributed by atoms with van der Waals surface area (Å²) >= 11 is 0. The molecule has 126 valence electrons. The minimum absolute atomic E-state index is 0. The van der Waals surface area contributed by atoms with Crippen LogP contribution >= 0.6 is 12.4 Å². The summed E-state index contributed by atoms with van der Waals surface area (Å²) in [6.45, 7) is 10.5. The van der Waals surface area contributed by atoms with Crippen molar-refractivity contribution in [3.63, 3.8) is 0 Å². The Balaban J connectivity index is 0.00000441. The monoisotopic (exact) mass is 328 g/mol. The predicted molar refractivity (Wildman–Crippen MR) is 93.9 cm³/mol. The largest absolute Gasteiger partial charge is 0.481 e. The molecule has 0 aliphatic carbocycles. The third-order valence-corrected chi connectivity index (χ3v) is 3.87. The van der Waals surface area contributed by atoms with Gasteiger partial charge < -0.3 is 15.4 Å². The van der Waals surface area contributed by atoms with Crippen LogP contribution in [-0.4, -0.2) is 36.5 Å². The molecule has 0 fully saturated rings. The summed E-state index contributed by atoms with van der Waals surface area (Å²) in [6, 6.07) is 6.00. The lowest BCUT2D eigenvalue weighted by Crippen LogP contribution is -2.45. The highest BCUT2D eigenvalue weighted by atomic mass is 35.5. The van der Waals surface area contributed by atoms with Crippen molar-refractivity contribution >= 4 is 18.3 Å². The van der Waals surface area contributed by atoms with Gasteiger partial charge in [-0.2, -0.15) is 0 Å². The number of hydrogen-bond donors (Lipinski definition) is 1. The van der Waals surface area contributed by atoms with Gasteiger partial charge in [0.1, 0.15) is 5.75 Å². The minimum atomic E-state index is -0.520. The van der Waals surface area contributed by atoms with E-state index in [0.717, 1.165) is 5.75 Å². The molecule has 0 aromatic heterocycles. The summed E-state index contributed by atoms with van der Waals surface area (Å²) in [4.78, 5) is 13.9. The summed E-state index contributed by atoms with van der Waals surface area (Å²) in [5, 5.41) is 0. The Morgan fingerprint density at radius 3 is 2.32 bits per heavy atom. The molecule has 2 atom stereocenters. The number of nitrogens with two attached hydrogens (primary N) is 1. The summed E-state index contributed by atoms with van der Waals surface area (Å²) in [6.07, 6.45) is -0.520. The second kappa shape index (κ2) is 9.01. The molecule has 0 saturated carbocycles. The van der Waals surface area contributed by atoms with Gasteiger partial charge in [0, 0.05) is 19.6 Å². The van der Waals surface area contributed by atoms with Crippen molar-refractivity contribution in [1.82, 2.24) is 4.90 Å². The van der Waals surface area contributed by atoms with Gasteiger partial charge in [0.05, 0.1) is 0 Å². The lowest BCUT2D eigenvalue weighted by Gasteiger charge is -2.27. The van der Waals surface area contributed by atoms with Gasteiger partial charge in [-0.1, -0.05) is 19.9 Å². The molecule has 0 saturated heterocycles. The van der Waals surface area contributed by atoms with E-state index < -0.39 is 6.10 Å². The molecular weight excluding hydrogens is 300 g/mol. The molecule has 0 heterocycles. The Labute approximate surface area is 140 Å². The van der Waals surface area contributed by atoms with E-state index in [0.29, 0.717) is 12.5 Å². The molecule has 2 N–H and O–H groups in total. The molecule has 1 rings (SSSR count). The first-order chi connectivity index (χ1) is 9.77. The van der Waals surface area contributed by atoms with Gasteiger partial charge in [0.25, 0.3) is 5.91 Å². The predicted octanol–water partition coefficient (Wildman–Crippen LogP) is 3.11. The van der Waals surface area contributed by atoms with Gasteiger partial charge in [-0.25, -0.2) is 0 Å². The van der Waals surface area contributed by atoms with Crippen LogP contribution in [0.5, 0.6) is 5.75 Å². The SMILES string of the molecule is Cc1cc(OC(C)C(=O)N(C)C(C)CN)ccc1C(C)C.Cl. The number of nitrogens with zero attached hydrogens (tertiary/aromatic N) is 1. The molecule has 1 aromatic rings. The third-order valence-electron chi connectivity index (χ3n) is 3.87. The van der Waals surface area contributed by atoms with Crippen LogP contribution in [0.15, 0.2) is 18.2 Å². The van der Waals surface area contributed by atoms with Gasteiger partial charge in [-0.05, 0) is 49.9 Å². The Morgan fingerprint density at radius 2 is 1.86 bits per heavy atom. The van der Waals surface area contributed by atoms with Crippen molar-refractivity contribution in [3.05, 3.63) is 29.3 Å². The summed E-state index contributed by atoms with van der Waals surface area (Å²) in [7, 11) is 1.76. The molecule has 0 aliphatic rings. The quantitative estimate of drug-likeness (QED) is 0.873. The maximum atomic E-state index is 12.3. The molecule has 2 unspecified atom stereocenters. The number of carbonyl (C=O) groups excluding carboxylic acids is 1. The number of hydrogen-bond acceptors (Lipinski definition) is 3. The van der Waals surface area contributed by atoms with Crippen LogP contribution in [0, 0.1) is 6.92 Å². The summed E-state index contributed by atoms with van der Waals surface area (Å²) < 4.78 is 5.78. The van der Waals surface area contributed by atoms with Crippen LogP contribution in [-0.2, 0) is 4.79 Å². The van der Waals surface area contributed by atoms with Gasteiger partial charge in [0.15, 0.2) is 6.10 Å². The molecule has 1 amide bonds. The Bertz CT molecular complexity index is 492. The number of carbonyl (C=O) groups is 1. The molecule has 4 nitrogen and oxygen atoms in total. The number of amides is 1. The molecule has 0 spiro atoms. The van der Waals surface area contributed by atoms with Gasteiger partial charge in [-0.15, -0.1) is 12.4 Å². The Kier molecular flexibility index (Phi) is 8.49. The van der Waals surface area contributed by atoms with E-state index in [9.17, 15) is 4.79 Å². The van der Waals surface area contributed by atoms with Crippen molar-refractivity contribution in [3.8, 4) is 5.75 Å². The standard InChI is InChI=1S/C17H28N2O2.ClH/c1-11(2)16-8-7-15(9-12(16)3)21-14(5)17(20)19(6)13(4)10-18;/h7-9,11,13-14H,10,18H2,1-6H3;1H. The normalized spacial score (nSPS) is 13.3. The number of halogens is 1. The average molecular weight is 329 g/mol. The Morgan fingerprint density at radius 1 is 1.27 bits per heavy atom. The second-order valence-corrected chi connectivity index (χ2v) is 5.97. The number of ether oxygens (including phenoxy) is 1. The first-order valence-electron chi connectivity index (χ1n) is 7.51. The zero-order chi connectivity index (χ0) is 16.2. The number of likely N-dealkylation sites (N-methyl/N-ethyl adjacent to an activating group) is 1. The highest BCUT2D eigenvalue weighted by Crippen LogP contribution is 2.24. The Hall–Kier alpha value is -1.26. The van der Waals surface area contributed by atoms with Crippen molar-refractivity contribution in [2.24, 2.45) is 5.73 Å². The molecule has 0 radical (unpaired) electrons. The topological polar surface area (TPSA) is 55.6 Å². The van der Waals surface area contributed by atoms with E-state index in [1.165, 1.54) is 11.1 Å². The average Bonchev–Trinajstić information content (AvgIpc) is 2.44. The van der Waals surface area contributed by atoms with Gasteiger partial charge in [-0.3, -0.25) is 4.79 Å². The molecule has 1 aromatic carbocycles. The fourth-order valence-corrected chi connectivity index (χ4v) is 2.29. The van der Waals surface area contributed by atoms with E-state index in [2.05, 4.69) is 26.8 Å². The first-order valence-corrected chi connectivity index (χ1v) is 7.51. The van der Waals surface area contributed by atoms with Crippen molar-refractivity contribution in [1.29, 1.82) is 0 Å². The van der Waals surface area contributed by atoms with E-state index >= 15 is 0 Å². The fraction of sp³-hybridized carbons (Fsp3) is 0.588. The van der Waals surface area contributed by atoms with E-state index in [4.69, 9.17) is 10.5 Å².